The van der Waals surface area contributed by atoms with E-state index in [-0.39, 0.29) is 0 Å². The zero-order chi connectivity index (χ0) is 19.7. The molecule has 28 heavy (non-hydrogen) atoms. The summed E-state index contributed by atoms with van der Waals surface area (Å²) in [5.41, 5.74) is 7.19. The number of nitriles is 1. The molecule has 9 heteroatoms. The molecular formula is C19H20N6O2S. The van der Waals surface area contributed by atoms with E-state index in [2.05, 4.69) is 26.3 Å². The van der Waals surface area contributed by atoms with Crippen LogP contribution in [0.25, 0.3) is 5.70 Å². The largest absolute Gasteiger partial charge is 0.497 e. The Morgan fingerprint density at radius 2 is 2.32 bits per heavy atom. The van der Waals surface area contributed by atoms with Crippen molar-refractivity contribution in [2.24, 2.45) is 5.73 Å². The van der Waals surface area contributed by atoms with Gasteiger partial charge in [-0.25, -0.2) is 4.98 Å². The van der Waals surface area contributed by atoms with Crippen molar-refractivity contribution in [1.29, 1.82) is 5.26 Å². The molecule has 0 saturated carbocycles. The highest BCUT2D eigenvalue weighted by molar-refractivity contribution is 7.09. The second-order valence-corrected chi connectivity index (χ2v) is 7.55. The van der Waals surface area contributed by atoms with Gasteiger partial charge in [0.15, 0.2) is 5.66 Å². The first kappa shape index (κ1) is 18.4. The molecule has 1 fully saturated rings. The lowest BCUT2D eigenvalue weighted by Gasteiger charge is -2.42. The Bertz CT molecular complexity index is 981. The van der Waals surface area contributed by atoms with Crippen molar-refractivity contribution in [3.63, 3.8) is 0 Å². The van der Waals surface area contributed by atoms with E-state index in [9.17, 15) is 10.4 Å². The second-order valence-electron chi connectivity index (χ2n) is 6.66. The maximum atomic E-state index is 10.1. The quantitative estimate of drug-likeness (QED) is 0.704. The standard InChI is InChI=1S/C19H20N6O2S/c1-27-13-2-4-22-16(8-13)17-14(10-20)15(21)9-19(24-17,18-23-5-7-28-18)25-6-3-12(26)11-25/h2,4-5,7-9,12,24,26H,3,6,11,21H2,1H3/t12?,19-/m1/s1. The molecule has 2 aliphatic heterocycles. The van der Waals surface area contributed by atoms with Gasteiger partial charge in [0.05, 0.1) is 30.3 Å². The van der Waals surface area contributed by atoms with Crippen molar-refractivity contribution < 1.29 is 9.84 Å². The molecule has 0 aromatic carbocycles. The molecular weight excluding hydrogens is 376 g/mol. The monoisotopic (exact) mass is 396 g/mol. The fraction of sp³-hybridized carbons (Fsp3) is 0.316. The summed E-state index contributed by atoms with van der Waals surface area (Å²) in [6.45, 7) is 1.13. The summed E-state index contributed by atoms with van der Waals surface area (Å²) in [5, 5.41) is 26.0. The molecule has 4 rings (SSSR count). The maximum Gasteiger partial charge on any atom is 0.166 e. The van der Waals surface area contributed by atoms with Crippen molar-refractivity contribution in [3.8, 4) is 11.8 Å². The van der Waals surface area contributed by atoms with Crippen LogP contribution in [0.5, 0.6) is 5.75 Å². The van der Waals surface area contributed by atoms with Crippen LogP contribution in [0.4, 0.5) is 0 Å². The number of methoxy groups -OCH3 is 1. The number of nitrogens with one attached hydrogen (secondary N) is 1. The van der Waals surface area contributed by atoms with Crippen molar-refractivity contribution in [2.45, 2.75) is 18.2 Å². The number of ether oxygens (including phenoxy) is 1. The van der Waals surface area contributed by atoms with Gasteiger partial charge >= 0.3 is 0 Å². The van der Waals surface area contributed by atoms with E-state index < -0.39 is 11.8 Å². The summed E-state index contributed by atoms with van der Waals surface area (Å²) < 4.78 is 5.31. The van der Waals surface area contributed by atoms with Crippen molar-refractivity contribution in [2.75, 3.05) is 20.2 Å². The number of thiazole rings is 1. The van der Waals surface area contributed by atoms with Gasteiger partial charge in [0.2, 0.25) is 0 Å². The van der Waals surface area contributed by atoms with Crippen LogP contribution in [0.3, 0.4) is 0 Å². The molecule has 0 aliphatic carbocycles. The van der Waals surface area contributed by atoms with Crippen LogP contribution in [0.15, 0.2) is 47.3 Å². The molecule has 2 aliphatic rings. The molecule has 1 saturated heterocycles. The zero-order valence-electron chi connectivity index (χ0n) is 15.3. The molecule has 1 unspecified atom stereocenters. The molecule has 0 radical (unpaired) electrons. The van der Waals surface area contributed by atoms with Crippen LogP contribution in [-0.4, -0.2) is 46.3 Å². The normalized spacial score (nSPS) is 25.2. The lowest BCUT2D eigenvalue weighted by molar-refractivity contribution is 0.110. The number of hydrogen-bond donors (Lipinski definition) is 3. The van der Waals surface area contributed by atoms with Crippen molar-refractivity contribution >= 4 is 17.0 Å². The third-order valence-electron chi connectivity index (χ3n) is 4.97. The average Bonchev–Trinajstić information content (AvgIpc) is 3.40. The Morgan fingerprint density at radius 3 is 2.96 bits per heavy atom. The molecule has 144 valence electrons. The van der Waals surface area contributed by atoms with Gasteiger partial charge in [0.1, 0.15) is 22.4 Å². The van der Waals surface area contributed by atoms with Crippen LogP contribution in [0.1, 0.15) is 17.1 Å². The summed E-state index contributed by atoms with van der Waals surface area (Å²) in [5.74, 6) is 0.626. The number of nitrogens with two attached hydrogens (primary N) is 1. The Labute approximate surface area is 166 Å². The van der Waals surface area contributed by atoms with Gasteiger partial charge in [-0.05, 0) is 18.6 Å². The van der Waals surface area contributed by atoms with Gasteiger partial charge in [-0.2, -0.15) is 5.26 Å². The number of dihydropyridines is 1. The summed E-state index contributed by atoms with van der Waals surface area (Å²) in [6, 6.07) is 5.67. The van der Waals surface area contributed by atoms with Crippen molar-refractivity contribution in [1.82, 2.24) is 20.2 Å². The minimum atomic E-state index is -0.865. The predicted molar refractivity (Wildman–Crippen MR) is 105 cm³/mol. The molecule has 4 N–H and O–H groups in total. The Balaban J connectivity index is 1.87. The highest BCUT2D eigenvalue weighted by Crippen LogP contribution is 2.39. The van der Waals surface area contributed by atoms with E-state index in [1.54, 1.807) is 31.6 Å². The predicted octanol–water partition coefficient (Wildman–Crippen LogP) is 1.15. The van der Waals surface area contributed by atoms with Crippen LogP contribution >= 0.6 is 11.3 Å². The van der Waals surface area contributed by atoms with Crippen LogP contribution in [0, 0.1) is 11.3 Å². The first-order valence-electron chi connectivity index (χ1n) is 8.82. The number of nitrogens with zero attached hydrogens (tertiary/aromatic N) is 4. The smallest absolute Gasteiger partial charge is 0.166 e. The molecule has 2 aromatic heterocycles. The molecule has 2 aromatic rings. The lowest BCUT2D eigenvalue weighted by atomic mass is 9.96. The van der Waals surface area contributed by atoms with Gasteiger partial charge < -0.3 is 20.9 Å². The van der Waals surface area contributed by atoms with Gasteiger partial charge in [0.25, 0.3) is 0 Å². The Kier molecular flexibility index (Phi) is 4.77. The number of allylic oxidation sites excluding steroid dienone is 1. The highest BCUT2D eigenvalue weighted by Gasteiger charge is 2.46. The number of β-amino-alcohol motifs (C(OH)–C–C–N with tert-alkyl or cyclic N) is 1. The Hall–Kier alpha value is -2.93. The van der Waals surface area contributed by atoms with Crippen LogP contribution in [0.2, 0.25) is 0 Å². The zero-order valence-corrected chi connectivity index (χ0v) is 16.1. The number of aliphatic hydroxyl groups is 1. The fourth-order valence-corrected chi connectivity index (χ4v) is 4.40. The SMILES string of the molecule is COc1ccnc(C2=C(C#N)C(N)=C[C@](c3nccs3)(N3CCC(O)C3)N2)c1. The molecule has 2 atom stereocenters. The maximum absolute atomic E-state index is 10.1. The second kappa shape index (κ2) is 7.24. The molecule has 4 heterocycles. The van der Waals surface area contributed by atoms with Gasteiger partial charge in [0, 0.05) is 36.9 Å². The van der Waals surface area contributed by atoms with E-state index >= 15 is 0 Å². The highest BCUT2D eigenvalue weighted by atomic mass is 32.1. The number of aromatic nitrogens is 2. The number of rotatable bonds is 4. The van der Waals surface area contributed by atoms with E-state index in [4.69, 9.17) is 10.5 Å². The molecule has 0 spiro atoms. The van der Waals surface area contributed by atoms with E-state index in [0.717, 1.165) is 5.01 Å². The first-order valence-corrected chi connectivity index (χ1v) is 9.70. The fourth-order valence-electron chi connectivity index (χ4n) is 3.61. The van der Waals surface area contributed by atoms with Crippen LogP contribution < -0.4 is 15.8 Å². The summed E-state index contributed by atoms with van der Waals surface area (Å²) >= 11 is 1.48. The number of hydrogen-bond acceptors (Lipinski definition) is 9. The summed E-state index contributed by atoms with van der Waals surface area (Å²) in [6.07, 6.45) is 5.40. The lowest BCUT2D eigenvalue weighted by Crippen LogP contribution is -2.55. The van der Waals surface area contributed by atoms with Gasteiger partial charge in [-0.1, -0.05) is 0 Å². The number of pyridine rings is 1. The number of aliphatic hydroxyl groups excluding tert-OH is 1. The molecule has 0 amide bonds. The number of likely N-dealkylation sites (tertiary alicyclic amines) is 1. The Morgan fingerprint density at radius 1 is 1.46 bits per heavy atom. The third kappa shape index (κ3) is 3.01. The van der Waals surface area contributed by atoms with Crippen LogP contribution in [-0.2, 0) is 5.66 Å². The summed E-state index contributed by atoms with van der Waals surface area (Å²) in [7, 11) is 1.58. The molecule has 0 bridgehead atoms. The van der Waals surface area contributed by atoms with Gasteiger partial charge in [-0.3, -0.25) is 9.88 Å². The topological polar surface area (TPSA) is 120 Å². The van der Waals surface area contributed by atoms with Gasteiger partial charge in [-0.15, -0.1) is 11.3 Å². The third-order valence-corrected chi connectivity index (χ3v) is 5.87. The van der Waals surface area contributed by atoms with E-state index in [1.165, 1.54) is 11.3 Å². The van der Waals surface area contributed by atoms with E-state index in [0.29, 0.717) is 47.9 Å². The summed E-state index contributed by atoms with van der Waals surface area (Å²) in [4.78, 5) is 11.0. The van der Waals surface area contributed by atoms with Crippen molar-refractivity contribution in [3.05, 3.63) is 58.0 Å². The molecule has 8 nitrogen and oxygen atoms in total. The minimum Gasteiger partial charge on any atom is -0.497 e. The average molecular weight is 396 g/mol. The van der Waals surface area contributed by atoms with E-state index in [1.807, 2.05) is 11.5 Å². The minimum absolute atomic E-state index is 0.313. The first-order chi connectivity index (χ1) is 13.6.